The Morgan fingerprint density at radius 3 is 3.12 bits per heavy atom. The summed E-state index contributed by atoms with van der Waals surface area (Å²) in [5, 5.41) is 7.84. The number of ether oxygens (including phenoxy) is 1. The van der Waals surface area contributed by atoms with E-state index in [1.165, 1.54) is 12.8 Å². The first-order valence-electron chi connectivity index (χ1n) is 6.72. The number of hydrogen-bond acceptors (Lipinski definition) is 3. The van der Waals surface area contributed by atoms with Crippen molar-refractivity contribution in [3.05, 3.63) is 12.4 Å². The van der Waals surface area contributed by atoms with Crippen molar-refractivity contribution < 1.29 is 4.74 Å². The monoisotopic (exact) mass is 237 g/mol. The van der Waals surface area contributed by atoms with Gasteiger partial charge in [0.2, 0.25) is 0 Å². The summed E-state index contributed by atoms with van der Waals surface area (Å²) in [5.74, 6) is 0. The zero-order valence-electron chi connectivity index (χ0n) is 10.9. The molecule has 0 bridgehead atoms. The lowest BCUT2D eigenvalue weighted by Gasteiger charge is -2.30. The highest BCUT2D eigenvalue weighted by Gasteiger charge is 2.21. The highest BCUT2D eigenvalue weighted by molar-refractivity contribution is 5.39. The van der Waals surface area contributed by atoms with Crippen molar-refractivity contribution in [2.45, 2.75) is 58.2 Å². The number of aryl methyl sites for hydroxylation is 1. The molecule has 2 rings (SSSR count). The van der Waals surface area contributed by atoms with Crippen molar-refractivity contribution in [1.82, 2.24) is 9.78 Å². The Bertz CT molecular complexity index is 335. The Kier molecular flexibility index (Phi) is 4.42. The lowest BCUT2D eigenvalue weighted by Crippen LogP contribution is -2.33. The number of anilines is 1. The van der Waals surface area contributed by atoms with Gasteiger partial charge in [0.25, 0.3) is 0 Å². The molecule has 4 nitrogen and oxygen atoms in total. The second kappa shape index (κ2) is 6.05. The maximum atomic E-state index is 5.75. The van der Waals surface area contributed by atoms with Crippen LogP contribution in [-0.2, 0) is 11.3 Å². The molecule has 1 aromatic rings. The van der Waals surface area contributed by atoms with Crippen molar-refractivity contribution >= 4 is 5.69 Å². The Labute approximate surface area is 103 Å². The number of rotatable bonds is 5. The summed E-state index contributed by atoms with van der Waals surface area (Å²) in [6, 6.07) is 0.537. The minimum absolute atomic E-state index is 0.437. The van der Waals surface area contributed by atoms with Crippen molar-refractivity contribution in [3.8, 4) is 0 Å². The van der Waals surface area contributed by atoms with Gasteiger partial charge in [0.1, 0.15) is 0 Å². The predicted octanol–water partition coefficient (Wildman–Crippen LogP) is 2.66. The summed E-state index contributed by atoms with van der Waals surface area (Å²) in [5.41, 5.74) is 1.13. The zero-order valence-corrected chi connectivity index (χ0v) is 10.9. The lowest BCUT2D eigenvalue weighted by molar-refractivity contribution is 0.00598. The lowest BCUT2D eigenvalue weighted by atomic mass is 10.00. The van der Waals surface area contributed by atoms with Crippen LogP contribution in [0.1, 0.15) is 39.5 Å². The Balaban J connectivity index is 1.85. The third kappa shape index (κ3) is 3.46. The molecule has 2 heterocycles. The van der Waals surface area contributed by atoms with E-state index in [9.17, 15) is 0 Å². The van der Waals surface area contributed by atoms with Crippen LogP contribution >= 0.6 is 0 Å². The summed E-state index contributed by atoms with van der Waals surface area (Å²) in [6.45, 7) is 6.12. The van der Waals surface area contributed by atoms with Crippen LogP contribution in [0.3, 0.4) is 0 Å². The largest absolute Gasteiger partial charge is 0.380 e. The Morgan fingerprint density at radius 1 is 1.53 bits per heavy atom. The molecule has 0 radical (unpaired) electrons. The molecule has 96 valence electrons. The van der Waals surface area contributed by atoms with Gasteiger partial charge >= 0.3 is 0 Å². The van der Waals surface area contributed by atoms with Crippen molar-refractivity contribution in [2.75, 3.05) is 11.9 Å². The second-order valence-corrected chi connectivity index (χ2v) is 4.73. The molecule has 0 spiro atoms. The molecule has 1 fully saturated rings. The molecule has 0 aromatic carbocycles. The van der Waals surface area contributed by atoms with E-state index in [-0.39, 0.29) is 0 Å². The van der Waals surface area contributed by atoms with Crippen molar-refractivity contribution in [1.29, 1.82) is 0 Å². The van der Waals surface area contributed by atoms with E-state index in [0.29, 0.717) is 12.1 Å². The maximum absolute atomic E-state index is 5.75. The third-order valence-electron chi connectivity index (χ3n) is 3.31. The van der Waals surface area contributed by atoms with E-state index in [2.05, 4.69) is 30.5 Å². The molecule has 2 atom stereocenters. The minimum atomic E-state index is 0.437. The predicted molar refractivity (Wildman–Crippen MR) is 69.2 cm³/mol. The second-order valence-electron chi connectivity index (χ2n) is 4.73. The van der Waals surface area contributed by atoms with Gasteiger partial charge < -0.3 is 10.1 Å². The van der Waals surface area contributed by atoms with Gasteiger partial charge in [0, 0.05) is 25.4 Å². The van der Waals surface area contributed by atoms with Crippen LogP contribution in [0.5, 0.6) is 0 Å². The molecule has 17 heavy (non-hydrogen) atoms. The first kappa shape index (κ1) is 12.4. The van der Waals surface area contributed by atoms with E-state index in [1.807, 2.05) is 10.9 Å². The quantitative estimate of drug-likeness (QED) is 0.855. The molecule has 1 aromatic heterocycles. The van der Waals surface area contributed by atoms with E-state index >= 15 is 0 Å². The van der Waals surface area contributed by atoms with E-state index in [4.69, 9.17) is 4.74 Å². The number of nitrogens with one attached hydrogen (secondary N) is 1. The third-order valence-corrected chi connectivity index (χ3v) is 3.31. The molecule has 0 amide bonds. The molecule has 1 N–H and O–H groups in total. The van der Waals surface area contributed by atoms with Crippen LogP contribution in [0.4, 0.5) is 5.69 Å². The molecule has 4 heteroatoms. The topological polar surface area (TPSA) is 39.1 Å². The van der Waals surface area contributed by atoms with Crippen LogP contribution in [-0.4, -0.2) is 28.5 Å². The Morgan fingerprint density at radius 2 is 2.41 bits per heavy atom. The maximum Gasteiger partial charge on any atom is 0.0728 e. The fourth-order valence-electron chi connectivity index (χ4n) is 2.38. The van der Waals surface area contributed by atoms with Crippen LogP contribution in [0.2, 0.25) is 0 Å². The molecule has 0 aliphatic carbocycles. The fraction of sp³-hybridized carbons (Fsp3) is 0.769. The number of aromatic nitrogens is 2. The van der Waals surface area contributed by atoms with Gasteiger partial charge in [-0.1, -0.05) is 13.3 Å². The highest BCUT2D eigenvalue weighted by atomic mass is 16.5. The van der Waals surface area contributed by atoms with E-state index in [1.54, 1.807) is 0 Å². The van der Waals surface area contributed by atoms with Crippen LogP contribution < -0.4 is 5.32 Å². The highest BCUT2D eigenvalue weighted by Crippen LogP contribution is 2.21. The number of hydrogen-bond donors (Lipinski definition) is 1. The molecular formula is C13H23N3O. The van der Waals surface area contributed by atoms with Crippen LogP contribution in [0, 0.1) is 0 Å². The Hall–Kier alpha value is -1.03. The number of nitrogens with zero attached hydrogens (tertiary/aromatic N) is 2. The molecule has 2 unspecified atom stereocenters. The van der Waals surface area contributed by atoms with E-state index < -0.39 is 0 Å². The summed E-state index contributed by atoms with van der Waals surface area (Å²) in [7, 11) is 0. The first-order chi connectivity index (χ1) is 8.31. The van der Waals surface area contributed by atoms with Gasteiger partial charge in [-0.25, -0.2) is 0 Å². The van der Waals surface area contributed by atoms with Gasteiger partial charge in [-0.15, -0.1) is 0 Å². The molecule has 1 aliphatic rings. The summed E-state index contributed by atoms with van der Waals surface area (Å²) in [6.07, 6.45) is 9.01. The molecule has 0 saturated carbocycles. The first-order valence-corrected chi connectivity index (χ1v) is 6.72. The summed E-state index contributed by atoms with van der Waals surface area (Å²) in [4.78, 5) is 0. The van der Waals surface area contributed by atoms with Gasteiger partial charge in [0.15, 0.2) is 0 Å². The van der Waals surface area contributed by atoms with Gasteiger partial charge in [-0.05, 0) is 26.2 Å². The fourth-order valence-corrected chi connectivity index (χ4v) is 2.38. The summed E-state index contributed by atoms with van der Waals surface area (Å²) >= 11 is 0. The normalized spacial score (nSPS) is 24.8. The van der Waals surface area contributed by atoms with Gasteiger partial charge in [-0.2, -0.15) is 5.10 Å². The van der Waals surface area contributed by atoms with E-state index in [0.717, 1.165) is 31.7 Å². The molecule has 1 aliphatic heterocycles. The van der Waals surface area contributed by atoms with Crippen LogP contribution in [0.25, 0.3) is 0 Å². The van der Waals surface area contributed by atoms with Crippen LogP contribution in [0.15, 0.2) is 12.4 Å². The minimum Gasteiger partial charge on any atom is -0.380 e. The summed E-state index contributed by atoms with van der Waals surface area (Å²) < 4.78 is 7.70. The average molecular weight is 237 g/mol. The standard InChI is InChI=1S/C13H23N3O/c1-3-5-13-8-11(6-7-17-13)15-12-9-14-16(4-2)10-12/h9-11,13,15H,3-8H2,1-2H3. The van der Waals surface area contributed by atoms with Gasteiger partial charge in [0.05, 0.1) is 18.0 Å². The SMILES string of the molecule is CCCC1CC(Nc2cnn(CC)c2)CCO1. The van der Waals surface area contributed by atoms with Crippen molar-refractivity contribution in [2.24, 2.45) is 0 Å². The average Bonchev–Trinajstić information content (AvgIpc) is 2.78. The molecule has 1 saturated heterocycles. The molecular weight excluding hydrogens is 214 g/mol. The van der Waals surface area contributed by atoms with Crippen molar-refractivity contribution in [3.63, 3.8) is 0 Å². The smallest absolute Gasteiger partial charge is 0.0728 e. The zero-order chi connectivity index (χ0) is 12.1. The van der Waals surface area contributed by atoms with Gasteiger partial charge in [-0.3, -0.25) is 4.68 Å².